The van der Waals surface area contributed by atoms with Crippen molar-refractivity contribution in [1.29, 1.82) is 0 Å². The van der Waals surface area contributed by atoms with Gasteiger partial charge in [-0.15, -0.1) is 11.3 Å². The standard InChI is InChI=1S/C13H15ClN2S/c1-8-6-11(14)4-5-12(8)15-9(2)13-7-17-10(3)16-13/h4-7,9,15H,1-3H3. The first kappa shape index (κ1) is 12.4. The molecule has 1 N–H and O–H groups in total. The van der Waals surface area contributed by atoms with Crippen LogP contribution in [0.3, 0.4) is 0 Å². The Labute approximate surface area is 111 Å². The van der Waals surface area contributed by atoms with Crippen molar-refractivity contribution in [2.75, 3.05) is 5.32 Å². The van der Waals surface area contributed by atoms with Crippen molar-refractivity contribution < 1.29 is 0 Å². The molecule has 0 aliphatic carbocycles. The molecule has 0 spiro atoms. The topological polar surface area (TPSA) is 24.9 Å². The summed E-state index contributed by atoms with van der Waals surface area (Å²) in [5.41, 5.74) is 3.34. The van der Waals surface area contributed by atoms with Gasteiger partial charge in [0.1, 0.15) is 0 Å². The van der Waals surface area contributed by atoms with E-state index in [0.29, 0.717) is 0 Å². The molecule has 0 amide bonds. The molecule has 90 valence electrons. The zero-order chi connectivity index (χ0) is 12.4. The average Bonchev–Trinajstić information content (AvgIpc) is 2.69. The number of hydrogen-bond donors (Lipinski definition) is 1. The van der Waals surface area contributed by atoms with Crippen LogP contribution in [0.15, 0.2) is 23.6 Å². The highest BCUT2D eigenvalue weighted by atomic mass is 35.5. The van der Waals surface area contributed by atoms with Gasteiger partial charge in [-0.3, -0.25) is 0 Å². The molecule has 0 bridgehead atoms. The van der Waals surface area contributed by atoms with Crippen LogP contribution in [0.1, 0.15) is 29.2 Å². The van der Waals surface area contributed by atoms with Crippen LogP contribution >= 0.6 is 22.9 Å². The summed E-state index contributed by atoms with van der Waals surface area (Å²) >= 11 is 7.61. The largest absolute Gasteiger partial charge is 0.377 e. The molecule has 0 saturated carbocycles. The van der Waals surface area contributed by atoms with Gasteiger partial charge >= 0.3 is 0 Å². The van der Waals surface area contributed by atoms with E-state index in [1.54, 1.807) is 11.3 Å². The summed E-state index contributed by atoms with van der Waals surface area (Å²) in [5, 5.41) is 7.42. The lowest BCUT2D eigenvalue weighted by atomic mass is 10.1. The van der Waals surface area contributed by atoms with Gasteiger partial charge in [0.05, 0.1) is 16.7 Å². The Morgan fingerprint density at radius 3 is 2.71 bits per heavy atom. The van der Waals surface area contributed by atoms with Gasteiger partial charge in [0.15, 0.2) is 0 Å². The first-order valence-corrected chi connectivity index (χ1v) is 6.77. The third kappa shape index (κ3) is 2.99. The lowest BCUT2D eigenvalue weighted by Gasteiger charge is -2.15. The van der Waals surface area contributed by atoms with Gasteiger partial charge in [-0.25, -0.2) is 4.98 Å². The number of rotatable bonds is 3. The van der Waals surface area contributed by atoms with E-state index in [1.165, 1.54) is 0 Å². The molecule has 2 aromatic rings. The van der Waals surface area contributed by atoms with E-state index in [-0.39, 0.29) is 6.04 Å². The van der Waals surface area contributed by atoms with Crippen molar-refractivity contribution >= 4 is 28.6 Å². The van der Waals surface area contributed by atoms with E-state index < -0.39 is 0 Å². The lowest BCUT2D eigenvalue weighted by Crippen LogP contribution is -2.08. The first-order chi connectivity index (χ1) is 8.06. The molecule has 4 heteroatoms. The van der Waals surface area contributed by atoms with Crippen LogP contribution in [0, 0.1) is 13.8 Å². The molecule has 1 heterocycles. The number of aryl methyl sites for hydroxylation is 2. The van der Waals surface area contributed by atoms with Crippen LogP contribution in [0.2, 0.25) is 5.02 Å². The van der Waals surface area contributed by atoms with E-state index in [1.807, 2.05) is 32.0 Å². The quantitative estimate of drug-likeness (QED) is 0.879. The molecule has 0 radical (unpaired) electrons. The predicted molar refractivity (Wildman–Crippen MR) is 75.1 cm³/mol. The van der Waals surface area contributed by atoms with Crippen LogP contribution in [0.25, 0.3) is 0 Å². The maximum Gasteiger partial charge on any atom is 0.0898 e. The van der Waals surface area contributed by atoms with E-state index in [2.05, 4.69) is 22.6 Å². The van der Waals surface area contributed by atoms with Gasteiger partial charge in [0, 0.05) is 16.1 Å². The van der Waals surface area contributed by atoms with Gasteiger partial charge in [-0.2, -0.15) is 0 Å². The van der Waals surface area contributed by atoms with Crippen molar-refractivity contribution in [2.45, 2.75) is 26.8 Å². The zero-order valence-electron chi connectivity index (χ0n) is 10.1. The monoisotopic (exact) mass is 266 g/mol. The fourth-order valence-corrected chi connectivity index (χ4v) is 2.61. The molecule has 0 aliphatic heterocycles. The van der Waals surface area contributed by atoms with Crippen molar-refractivity contribution in [3.05, 3.63) is 44.9 Å². The number of aromatic nitrogens is 1. The summed E-state index contributed by atoms with van der Waals surface area (Å²) in [4.78, 5) is 4.48. The van der Waals surface area contributed by atoms with E-state index in [4.69, 9.17) is 11.6 Å². The highest BCUT2D eigenvalue weighted by Crippen LogP contribution is 2.25. The van der Waals surface area contributed by atoms with Gasteiger partial charge in [0.2, 0.25) is 0 Å². The Morgan fingerprint density at radius 1 is 1.35 bits per heavy atom. The van der Waals surface area contributed by atoms with Gasteiger partial charge in [0.25, 0.3) is 0 Å². The summed E-state index contributed by atoms with van der Waals surface area (Å²) in [6.45, 7) is 6.18. The fourth-order valence-electron chi connectivity index (χ4n) is 1.68. The second-order valence-corrected chi connectivity index (χ2v) is 5.62. The Kier molecular flexibility index (Phi) is 3.69. The van der Waals surface area contributed by atoms with E-state index in [0.717, 1.165) is 27.0 Å². The van der Waals surface area contributed by atoms with Gasteiger partial charge in [-0.1, -0.05) is 11.6 Å². The molecule has 2 rings (SSSR count). The van der Waals surface area contributed by atoms with Crippen LogP contribution in [-0.2, 0) is 0 Å². The predicted octanol–water partition coefficient (Wildman–Crippen LogP) is 4.59. The van der Waals surface area contributed by atoms with E-state index >= 15 is 0 Å². The number of thiazole rings is 1. The molecule has 1 atom stereocenters. The van der Waals surface area contributed by atoms with Crippen molar-refractivity contribution in [2.24, 2.45) is 0 Å². The minimum atomic E-state index is 0.208. The maximum atomic E-state index is 5.94. The molecule has 2 nitrogen and oxygen atoms in total. The fraction of sp³-hybridized carbons (Fsp3) is 0.308. The molecule has 1 aromatic carbocycles. The normalized spacial score (nSPS) is 12.5. The summed E-state index contributed by atoms with van der Waals surface area (Å²) in [5.74, 6) is 0. The lowest BCUT2D eigenvalue weighted by molar-refractivity contribution is 0.844. The third-order valence-corrected chi connectivity index (χ3v) is 3.67. The number of nitrogens with one attached hydrogen (secondary N) is 1. The minimum Gasteiger partial charge on any atom is -0.377 e. The van der Waals surface area contributed by atoms with Crippen LogP contribution in [0.4, 0.5) is 5.69 Å². The number of hydrogen-bond acceptors (Lipinski definition) is 3. The second kappa shape index (κ2) is 5.07. The smallest absolute Gasteiger partial charge is 0.0898 e. The molecule has 0 saturated heterocycles. The Morgan fingerprint density at radius 2 is 2.12 bits per heavy atom. The summed E-state index contributed by atoms with van der Waals surface area (Å²) in [7, 11) is 0. The second-order valence-electron chi connectivity index (χ2n) is 4.12. The van der Waals surface area contributed by atoms with Crippen molar-refractivity contribution in [1.82, 2.24) is 4.98 Å². The van der Waals surface area contributed by atoms with Crippen molar-refractivity contribution in [3.8, 4) is 0 Å². The van der Waals surface area contributed by atoms with Crippen LogP contribution < -0.4 is 5.32 Å². The summed E-state index contributed by atoms with van der Waals surface area (Å²) in [6, 6.07) is 6.08. The number of anilines is 1. The molecular weight excluding hydrogens is 252 g/mol. The summed E-state index contributed by atoms with van der Waals surface area (Å²) < 4.78 is 0. The molecule has 1 aromatic heterocycles. The third-order valence-electron chi connectivity index (χ3n) is 2.64. The molecule has 1 unspecified atom stereocenters. The average molecular weight is 267 g/mol. The maximum absolute atomic E-state index is 5.94. The summed E-state index contributed by atoms with van der Waals surface area (Å²) in [6.07, 6.45) is 0. The Bertz CT molecular complexity index is 522. The molecule has 0 fully saturated rings. The van der Waals surface area contributed by atoms with Crippen molar-refractivity contribution in [3.63, 3.8) is 0 Å². The number of nitrogens with zero attached hydrogens (tertiary/aromatic N) is 1. The van der Waals surface area contributed by atoms with Gasteiger partial charge in [-0.05, 0) is 44.5 Å². The minimum absolute atomic E-state index is 0.208. The Balaban J connectivity index is 2.15. The highest BCUT2D eigenvalue weighted by molar-refractivity contribution is 7.09. The van der Waals surface area contributed by atoms with Crippen LogP contribution in [0.5, 0.6) is 0 Å². The van der Waals surface area contributed by atoms with Gasteiger partial charge < -0.3 is 5.32 Å². The Hall–Kier alpha value is -1.06. The SMILES string of the molecule is Cc1nc(C(C)Nc2ccc(Cl)cc2C)cs1. The number of halogens is 1. The zero-order valence-corrected chi connectivity index (χ0v) is 11.7. The molecule has 0 aliphatic rings. The molecule has 17 heavy (non-hydrogen) atoms. The van der Waals surface area contributed by atoms with E-state index in [9.17, 15) is 0 Å². The number of benzene rings is 1. The molecular formula is C13H15ClN2S. The first-order valence-electron chi connectivity index (χ1n) is 5.51. The highest BCUT2D eigenvalue weighted by Gasteiger charge is 2.09. The van der Waals surface area contributed by atoms with Crippen LogP contribution in [-0.4, -0.2) is 4.98 Å².